The molecule has 0 bridgehead atoms. The average Bonchev–Trinajstić information content (AvgIpc) is 3.09. The van der Waals surface area contributed by atoms with E-state index in [-0.39, 0.29) is 37.2 Å². The molecule has 1 aliphatic heterocycles. The smallest absolute Gasteiger partial charge is 0.324 e. The van der Waals surface area contributed by atoms with Crippen molar-refractivity contribution in [2.75, 3.05) is 30.3 Å². The first kappa shape index (κ1) is 24.1. The van der Waals surface area contributed by atoms with Crippen molar-refractivity contribution in [2.45, 2.75) is 26.2 Å². The lowest BCUT2D eigenvalue weighted by atomic mass is 10.2. The van der Waals surface area contributed by atoms with Gasteiger partial charge in [0.2, 0.25) is 17.7 Å². The van der Waals surface area contributed by atoms with Crippen molar-refractivity contribution in [1.82, 2.24) is 10.2 Å². The molecular formula is C23H25ClN4O5. The standard InChI is InChI=1S/C23H25ClN4O5/c1-15-13-16(24)4-9-19(15)33-12-2-3-20(29)26-17-5-7-18(8-6-17)27-21(30)10-11-28-22(31)14-25-23(28)32/h4-9,13H,2-3,10-12,14H2,1H3,(H,25,32)(H,26,29)(H,27,30). The molecule has 1 heterocycles. The summed E-state index contributed by atoms with van der Waals surface area (Å²) in [6.45, 7) is 2.30. The lowest BCUT2D eigenvalue weighted by Gasteiger charge is -2.12. The molecule has 1 fully saturated rings. The first-order chi connectivity index (χ1) is 15.8. The molecule has 0 saturated carbocycles. The number of imide groups is 1. The summed E-state index contributed by atoms with van der Waals surface area (Å²) in [5.41, 5.74) is 2.09. The molecule has 2 aromatic carbocycles. The van der Waals surface area contributed by atoms with Gasteiger partial charge in [0.05, 0.1) is 13.2 Å². The number of halogens is 1. The second kappa shape index (κ2) is 11.3. The van der Waals surface area contributed by atoms with E-state index in [1.54, 1.807) is 36.4 Å². The minimum absolute atomic E-state index is 0.00470. The zero-order chi connectivity index (χ0) is 23.8. The first-order valence-electron chi connectivity index (χ1n) is 10.5. The molecule has 33 heavy (non-hydrogen) atoms. The van der Waals surface area contributed by atoms with Gasteiger partial charge in [-0.05, 0) is 61.4 Å². The van der Waals surface area contributed by atoms with Crippen molar-refractivity contribution in [3.63, 3.8) is 0 Å². The van der Waals surface area contributed by atoms with Crippen LogP contribution in [-0.4, -0.2) is 48.3 Å². The van der Waals surface area contributed by atoms with E-state index in [1.165, 1.54) is 0 Å². The second-order valence-electron chi connectivity index (χ2n) is 7.49. The van der Waals surface area contributed by atoms with Crippen LogP contribution < -0.4 is 20.7 Å². The molecule has 1 aliphatic rings. The van der Waals surface area contributed by atoms with Gasteiger partial charge >= 0.3 is 6.03 Å². The van der Waals surface area contributed by atoms with E-state index in [1.807, 2.05) is 13.0 Å². The fourth-order valence-electron chi connectivity index (χ4n) is 3.17. The van der Waals surface area contributed by atoms with E-state index < -0.39 is 6.03 Å². The van der Waals surface area contributed by atoms with Crippen molar-refractivity contribution >= 4 is 46.7 Å². The summed E-state index contributed by atoms with van der Waals surface area (Å²) in [5, 5.41) is 8.55. The molecule has 0 spiro atoms. The van der Waals surface area contributed by atoms with E-state index in [9.17, 15) is 19.2 Å². The average molecular weight is 473 g/mol. The molecule has 0 atom stereocenters. The Morgan fingerprint density at radius 2 is 1.67 bits per heavy atom. The molecule has 5 amide bonds. The molecule has 3 rings (SSSR count). The van der Waals surface area contributed by atoms with E-state index in [4.69, 9.17) is 16.3 Å². The van der Waals surface area contributed by atoms with Crippen LogP contribution in [-0.2, 0) is 14.4 Å². The van der Waals surface area contributed by atoms with Crippen molar-refractivity contribution in [2.24, 2.45) is 0 Å². The summed E-state index contributed by atoms with van der Waals surface area (Å²) in [4.78, 5) is 48.2. The minimum Gasteiger partial charge on any atom is -0.493 e. The lowest BCUT2D eigenvalue weighted by Crippen LogP contribution is -2.33. The zero-order valence-electron chi connectivity index (χ0n) is 18.2. The topological polar surface area (TPSA) is 117 Å². The molecule has 0 radical (unpaired) electrons. The highest BCUT2D eigenvalue weighted by Gasteiger charge is 2.28. The maximum Gasteiger partial charge on any atom is 0.324 e. The first-order valence-corrected chi connectivity index (χ1v) is 10.9. The molecule has 3 N–H and O–H groups in total. The number of carbonyl (C=O) groups excluding carboxylic acids is 4. The number of urea groups is 1. The van der Waals surface area contributed by atoms with Crippen LogP contribution in [0.2, 0.25) is 5.02 Å². The maximum atomic E-state index is 12.1. The number of hydrogen-bond acceptors (Lipinski definition) is 5. The number of anilines is 2. The Morgan fingerprint density at radius 3 is 2.24 bits per heavy atom. The van der Waals surface area contributed by atoms with Crippen molar-refractivity contribution in [3.8, 4) is 5.75 Å². The van der Waals surface area contributed by atoms with Crippen LogP contribution in [0.4, 0.5) is 16.2 Å². The van der Waals surface area contributed by atoms with Gasteiger partial charge in [-0.25, -0.2) is 4.79 Å². The van der Waals surface area contributed by atoms with Crippen LogP contribution in [0.5, 0.6) is 5.75 Å². The number of carbonyl (C=O) groups is 4. The molecule has 10 heteroatoms. The lowest BCUT2D eigenvalue weighted by molar-refractivity contribution is -0.125. The minimum atomic E-state index is -0.487. The van der Waals surface area contributed by atoms with E-state index in [0.29, 0.717) is 35.8 Å². The third kappa shape index (κ3) is 7.21. The number of rotatable bonds is 10. The highest BCUT2D eigenvalue weighted by atomic mass is 35.5. The third-order valence-electron chi connectivity index (χ3n) is 4.89. The van der Waals surface area contributed by atoms with Gasteiger partial charge in [0.25, 0.3) is 0 Å². The van der Waals surface area contributed by atoms with Crippen LogP contribution in [0.1, 0.15) is 24.8 Å². The summed E-state index contributed by atoms with van der Waals surface area (Å²) in [5.74, 6) is -0.0701. The summed E-state index contributed by atoms with van der Waals surface area (Å²) >= 11 is 5.92. The van der Waals surface area contributed by atoms with Gasteiger partial charge in [0, 0.05) is 35.8 Å². The summed E-state index contributed by atoms with van der Waals surface area (Å²) in [6, 6.07) is 11.6. The van der Waals surface area contributed by atoms with E-state index in [2.05, 4.69) is 16.0 Å². The number of benzene rings is 2. The van der Waals surface area contributed by atoms with Gasteiger partial charge in [0.1, 0.15) is 5.75 Å². The highest BCUT2D eigenvalue weighted by Crippen LogP contribution is 2.22. The van der Waals surface area contributed by atoms with Gasteiger partial charge < -0.3 is 20.7 Å². The Labute approximate surface area is 196 Å². The van der Waals surface area contributed by atoms with Crippen LogP contribution in [0.25, 0.3) is 0 Å². The molecule has 1 saturated heterocycles. The summed E-state index contributed by atoms with van der Waals surface area (Å²) in [6.07, 6.45) is 0.850. The fraction of sp³-hybridized carbons (Fsp3) is 0.304. The monoisotopic (exact) mass is 472 g/mol. The number of hydrogen-bond donors (Lipinski definition) is 3. The number of aryl methyl sites for hydroxylation is 1. The number of nitrogens with zero attached hydrogens (tertiary/aromatic N) is 1. The Balaban J connectivity index is 1.36. The predicted molar refractivity (Wildman–Crippen MR) is 124 cm³/mol. The van der Waals surface area contributed by atoms with Crippen molar-refractivity contribution < 1.29 is 23.9 Å². The summed E-state index contributed by atoms with van der Waals surface area (Å²) in [7, 11) is 0. The number of nitrogens with one attached hydrogen (secondary N) is 3. The quantitative estimate of drug-likeness (QED) is 0.362. The Hall–Kier alpha value is -3.59. The van der Waals surface area contributed by atoms with E-state index >= 15 is 0 Å². The maximum absolute atomic E-state index is 12.1. The van der Waals surface area contributed by atoms with E-state index in [0.717, 1.165) is 16.2 Å². The Morgan fingerprint density at radius 1 is 1.03 bits per heavy atom. The molecular weight excluding hydrogens is 448 g/mol. The molecule has 0 aromatic heterocycles. The Bertz CT molecular complexity index is 1030. The van der Waals surface area contributed by atoms with Crippen molar-refractivity contribution in [1.29, 1.82) is 0 Å². The normalized spacial score (nSPS) is 13.0. The van der Waals surface area contributed by atoms with Crippen LogP contribution in [0.3, 0.4) is 0 Å². The van der Waals surface area contributed by atoms with Gasteiger partial charge in [-0.15, -0.1) is 0 Å². The second-order valence-corrected chi connectivity index (χ2v) is 7.93. The van der Waals surface area contributed by atoms with Crippen LogP contribution in [0.15, 0.2) is 42.5 Å². The largest absolute Gasteiger partial charge is 0.493 e. The molecule has 174 valence electrons. The molecule has 0 unspecified atom stereocenters. The SMILES string of the molecule is Cc1cc(Cl)ccc1OCCCC(=O)Nc1ccc(NC(=O)CCN2C(=O)CNC2=O)cc1. The van der Waals surface area contributed by atoms with Gasteiger partial charge in [-0.3, -0.25) is 19.3 Å². The van der Waals surface area contributed by atoms with Gasteiger partial charge in [-0.1, -0.05) is 11.6 Å². The summed E-state index contributed by atoms with van der Waals surface area (Å²) < 4.78 is 5.69. The molecule has 9 nitrogen and oxygen atoms in total. The fourth-order valence-corrected chi connectivity index (χ4v) is 3.40. The molecule has 2 aromatic rings. The molecule has 0 aliphatic carbocycles. The highest BCUT2D eigenvalue weighted by molar-refractivity contribution is 6.30. The van der Waals surface area contributed by atoms with Crippen molar-refractivity contribution in [3.05, 3.63) is 53.1 Å². The van der Waals surface area contributed by atoms with Gasteiger partial charge in [-0.2, -0.15) is 0 Å². The Kier molecular flexibility index (Phi) is 8.26. The third-order valence-corrected chi connectivity index (χ3v) is 5.13. The predicted octanol–water partition coefficient (Wildman–Crippen LogP) is 3.33. The number of ether oxygens (including phenoxy) is 1. The number of amides is 5. The van der Waals surface area contributed by atoms with Crippen LogP contribution >= 0.6 is 11.6 Å². The zero-order valence-corrected chi connectivity index (χ0v) is 18.9. The van der Waals surface area contributed by atoms with Gasteiger partial charge in [0.15, 0.2) is 0 Å². The van der Waals surface area contributed by atoms with Crippen LogP contribution in [0, 0.1) is 6.92 Å².